The van der Waals surface area contributed by atoms with Crippen LogP contribution in [-0.4, -0.2) is 68.3 Å². The van der Waals surface area contributed by atoms with Gasteiger partial charge in [-0.25, -0.2) is 17.2 Å². The fourth-order valence-corrected chi connectivity index (χ4v) is 7.73. The Kier molecular flexibility index (Phi) is 7.62. The number of benzene rings is 2. The third kappa shape index (κ3) is 5.27. The minimum atomic E-state index is -3.71. The summed E-state index contributed by atoms with van der Waals surface area (Å²) in [7, 11) is -3.71. The smallest absolute Gasteiger partial charge is 0.251 e. The second-order valence-electron chi connectivity index (χ2n) is 10.3. The summed E-state index contributed by atoms with van der Waals surface area (Å²) in [6, 6.07) is 10.3. The number of sulfone groups is 1. The summed E-state index contributed by atoms with van der Waals surface area (Å²) in [4.78, 5) is 40.9. The number of nitrogens with one attached hydrogen (secondary N) is 3. The van der Waals surface area contributed by atoms with Crippen LogP contribution in [0.25, 0.3) is 11.1 Å². The molecule has 42 heavy (non-hydrogen) atoms. The van der Waals surface area contributed by atoms with Crippen molar-refractivity contribution >= 4 is 44.7 Å². The van der Waals surface area contributed by atoms with Crippen molar-refractivity contribution in [3.63, 3.8) is 0 Å². The average Bonchev–Trinajstić information content (AvgIpc) is 3.66. The number of likely N-dealkylation sites (tertiary alicyclic amines) is 1. The highest BCUT2D eigenvalue weighted by molar-refractivity contribution is 7.92. The molecule has 1 aromatic heterocycles. The van der Waals surface area contributed by atoms with Crippen molar-refractivity contribution in [2.24, 2.45) is 5.73 Å². The molecule has 3 aromatic rings. The molecule has 0 saturated carbocycles. The van der Waals surface area contributed by atoms with E-state index in [1.165, 1.54) is 35.6 Å². The monoisotopic (exact) mass is 615 g/mol. The van der Waals surface area contributed by atoms with Crippen LogP contribution in [0.2, 0.25) is 0 Å². The Morgan fingerprint density at radius 1 is 1.14 bits per heavy atom. The number of hydrogen-bond acceptors (Lipinski definition) is 7. The molecule has 3 atom stereocenters. The minimum absolute atomic E-state index is 0.0713. The molecule has 1 fully saturated rings. The number of nitrogen functional groups attached to an aromatic ring is 1. The zero-order chi connectivity index (χ0) is 30.4. The molecule has 2 aliphatic rings. The summed E-state index contributed by atoms with van der Waals surface area (Å²) in [5, 5.41) is 14.3. The number of carbonyl (C=O) groups excluding carboxylic acids is 3. The number of carbonyl (C=O) groups is 3. The van der Waals surface area contributed by atoms with Gasteiger partial charge in [-0.3, -0.25) is 19.8 Å². The number of nitrogens with two attached hydrogens (primary N) is 1. The fourth-order valence-electron chi connectivity index (χ4n) is 5.15. The highest BCUT2D eigenvalue weighted by Gasteiger charge is 2.49. The Balaban J connectivity index is 1.28. The van der Waals surface area contributed by atoms with Crippen molar-refractivity contribution < 1.29 is 31.6 Å². The Morgan fingerprint density at radius 2 is 1.86 bits per heavy atom. The van der Waals surface area contributed by atoms with Gasteiger partial charge in [0.15, 0.2) is 5.67 Å². The number of nitrogens with zero attached hydrogens (tertiary/aromatic N) is 1. The normalized spacial score (nSPS) is 20.8. The number of fused-ring (bicyclic) bond motifs is 3. The Hall–Kier alpha value is -4.17. The Morgan fingerprint density at radius 3 is 2.55 bits per heavy atom. The van der Waals surface area contributed by atoms with E-state index in [0.29, 0.717) is 21.6 Å². The van der Waals surface area contributed by atoms with Crippen molar-refractivity contribution in [2.45, 2.75) is 40.9 Å². The van der Waals surface area contributed by atoms with Crippen molar-refractivity contribution in [2.75, 3.05) is 19.8 Å². The van der Waals surface area contributed by atoms with Gasteiger partial charge in [-0.15, -0.1) is 11.3 Å². The Bertz CT molecular complexity index is 1730. The van der Waals surface area contributed by atoms with Crippen LogP contribution in [0.3, 0.4) is 0 Å². The van der Waals surface area contributed by atoms with Gasteiger partial charge >= 0.3 is 0 Å². The second kappa shape index (κ2) is 10.9. The molecule has 10 nitrogen and oxygen atoms in total. The number of amides is 3. The highest BCUT2D eigenvalue weighted by Crippen LogP contribution is 2.43. The fraction of sp³-hybridized carbons (Fsp3) is 0.286. The van der Waals surface area contributed by atoms with Gasteiger partial charge in [0, 0.05) is 38.9 Å². The number of amidine groups is 1. The van der Waals surface area contributed by atoms with E-state index in [4.69, 9.17) is 11.1 Å². The van der Waals surface area contributed by atoms with Crippen molar-refractivity contribution in [3.8, 4) is 11.1 Å². The zero-order valence-electron chi connectivity index (χ0n) is 22.3. The molecule has 5 rings (SSSR count). The molecule has 3 amide bonds. The van der Waals surface area contributed by atoms with E-state index in [0.717, 1.165) is 4.90 Å². The quantitative estimate of drug-likeness (QED) is 0.176. The van der Waals surface area contributed by atoms with Crippen molar-refractivity contribution in [3.05, 3.63) is 69.9 Å². The third-order valence-electron chi connectivity index (χ3n) is 7.37. The molecular formula is C28H27F2N5O5S2. The summed E-state index contributed by atoms with van der Waals surface area (Å²) >= 11 is 1.26. The molecule has 0 bridgehead atoms. The SMILES string of the molecule is C[C@@H](NC(=O)[C@@H]1C[C@](F)(CF)CN1C(=O)CNC(=O)c1ccc2c(c1)-c1ccccc1S2(=O)=O)c1cc(C(=N)N)cs1. The van der Waals surface area contributed by atoms with Crippen LogP contribution in [0.4, 0.5) is 8.78 Å². The molecule has 0 aliphatic carbocycles. The predicted molar refractivity (Wildman–Crippen MR) is 151 cm³/mol. The molecule has 0 unspecified atom stereocenters. The standard InChI is InChI=1S/C28H27F2N5O5S2/c1-15(21-9-17(12-41-21)25(31)32)34-27(38)20-10-28(30,13-29)14-35(20)24(36)11-33-26(37)16-6-7-23-19(8-16)18-4-2-3-5-22(18)42(23,39)40/h2-9,12,15,20H,10-11,13-14H2,1H3,(H3,31,32)(H,33,37)(H,34,38)/t15-,20+,28+/m1/s1. The molecule has 0 radical (unpaired) electrons. The first-order valence-electron chi connectivity index (χ1n) is 12.9. The van der Waals surface area contributed by atoms with Crippen LogP contribution in [0.15, 0.2) is 63.7 Å². The van der Waals surface area contributed by atoms with E-state index in [1.54, 1.807) is 36.6 Å². The molecule has 2 aromatic carbocycles. The highest BCUT2D eigenvalue weighted by atomic mass is 32.2. The summed E-state index contributed by atoms with van der Waals surface area (Å²) < 4.78 is 54.3. The number of rotatable bonds is 8. The summed E-state index contributed by atoms with van der Waals surface area (Å²) in [5.41, 5.74) is 4.48. The van der Waals surface area contributed by atoms with Crippen LogP contribution in [0.1, 0.15) is 40.2 Å². The lowest BCUT2D eigenvalue weighted by atomic mass is 10.0. The van der Waals surface area contributed by atoms with Gasteiger partial charge in [-0.1, -0.05) is 18.2 Å². The first-order valence-corrected chi connectivity index (χ1v) is 15.3. The van der Waals surface area contributed by atoms with Crippen LogP contribution in [-0.2, 0) is 19.4 Å². The van der Waals surface area contributed by atoms with Crippen LogP contribution < -0.4 is 16.4 Å². The van der Waals surface area contributed by atoms with Gasteiger partial charge in [0.2, 0.25) is 21.7 Å². The molecule has 2 aliphatic heterocycles. The maximum Gasteiger partial charge on any atom is 0.251 e. The van der Waals surface area contributed by atoms with Gasteiger partial charge in [0.25, 0.3) is 5.91 Å². The van der Waals surface area contributed by atoms with Gasteiger partial charge in [0.1, 0.15) is 18.6 Å². The molecule has 3 heterocycles. The molecule has 5 N–H and O–H groups in total. The molecule has 0 spiro atoms. The van der Waals surface area contributed by atoms with Gasteiger partial charge in [-0.2, -0.15) is 0 Å². The molecule has 220 valence electrons. The van der Waals surface area contributed by atoms with E-state index in [9.17, 15) is 27.2 Å². The second-order valence-corrected chi connectivity index (χ2v) is 13.1. The summed E-state index contributed by atoms with van der Waals surface area (Å²) in [6.45, 7) is -0.979. The number of alkyl halides is 2. The Labute approximate surface area is 244 Å². The number of hydrogen-bond donors (Lipinski definition) is 4. The lowest BCUT2D eigenvalue weighted by molar-refractivity contribution is -0.138. The van der Waals surface area contributed by atoms with Crippen molar-refractivity contribution in [1.82, 2.24) is 15.5 Å². The molecule has 1 saturated heterocycles. The van der Waals surface area contributed by atoms with Crippen molar-refractivity contribution in [1.29, 1.82) is 5.41 Å². The van der Waals surface area contributed by atoms with Gasteiger partial charge in [-0.05, 0) is 37.3 Å². The molecular weight excluding hydrogens is 588 g/mol. The van der Waals surface area contributed by atoms with Gasteiger partial charge in [0.05, 0.1) is 28.9 Å². The number of thiophene rings is 1. The lowest BCUT2D eigenvalue weighted by Crippen LogP contribution is -2.49. The van der Waals surface area contributed by atoms with E-state index in [1.807, 2.05) is 0 Å². The van der Waals surface area contributed by atoms with E-state index in [2.05, 4.69) is 10.6 Å². The van der Waals surface area contributed by atoms with Gasteiger partial charge < -0.3 is 21.3 Å². The summed E-state index contributed by atoms with van der Waals surface area (Å²) in [6.07, 6.45) is -0.552. The first kappa shape index (κ1) is 29.3. The predicted octanol–water partition coefficient (Wildman–Crippen LogP) is 2.73. The number of halogens is 2. The van der Waals surface area contributed by atoms with Crippen LogP contribution >= 0.6 is 11.3 Å². The maximum atomic E-state index is 15.1. The summed E-state index contributed by atoms with van der Waals surface area (Å²) in [5.74, 6) is -2.29. The van der Waals surface area contributed by atoms with E-state index in [-0.39, 0.29) is 21.2 Å². The van der Waals surface area contributed by atoms with E-state index >= 15 is 4.39 Å². The largest absolute Gasteiger partial charge is 0.384 e. The molecule has 14 heteroatoms. The van der Waals surface area contributed by atoms with E-state index < -0.39 is 71.5 Å². The first-order chi connectivity index (χ1) is 19.8. The van der Waals surface area contributed by atoms with Crippen LogP contribution in [0, 0.1) is 5.41 Å². The minimum Gasteiger partial charge on any atom is -0.384 e. The average molecular weight is 616 g/mol. The zero-order valence-corrected chi connectivity index (χ0v) is 24.0. The topological polar surface area (TPSA) is 163 Å². The lowest BCUT2D eigenvalue weighted by Gasteiger charge is -2.25. The maximum absolute atomic E-state index is 15.1. The third-order valence-corrected chi connectivity index (χ3v) is 10.4. The van der Waals surface area contributed by atoms with Crippen LogP contribution in [0.5, 0.6) is 0 Å².